The number of aryl methyl sites for hydroxylation is 2. The minimum atomic E-state index is 0.671. The summed E-state index contributed by atoms with van der Waals surface area (Å²) in [5, 5.41) is 0. The molecule has 1 nitrogen and oxygen atoms in total. The smallest absolute Gasteiger partial charge is 0.126 e. The van der Waals surface area contributed by atoms with Crippen LogP contribution < -0.4 is 4.74 Å². The Morgan fingerprint density at radius 2 is 1.84 bits per heavy atom. The summed E-state index contributed by atoms with van der Waals surface area (Å²) in [5.41, 5.74) is 3.81. The summed E-state index contributed by atoms with van der Waals surface area (Å²) in [6, 6.07) is 4.38. The lowest BCUT2D eigenvalue weighted by Crippen LogP contribution is -2.11. The Morgan fingerprint density at radius 3 is 2.42 bits per heavy atom. The molecular weight excluding hydrogens is 232 g/mol. The van der Waals surface area contributed by atoms with Crippen molar-refractivity contribution < 1.29 is 4.74 Å². The maximum atomic E-state index is 6.08. The monoisotopic (exact) mass is 260 g/mol. The van der Waals surface area contributed by atoms with Gasteiger partial charge in [0.2, 0.25) is 0 Å². The van der Waals surface area contributed by atoms with Crippen LogP contribution >= 0.6 is 0 Å². The van der Waals surface area contributed by atoms with Crippen LogP contribution in [0.3, 0.4) is 0 Å². The van der Waals surface area contributed by atoms with Crippen LogP contribution in [0.5, 0.6) is 5.75 Å². The third kappa shape index (κ3) is 4.74. The fraction of sp³-hybridized carbons (Fsp3) is 0.556. The third-order valence-electron chi connectivity index (χ3n) is 3.72. The van der Waals surface area contributed by atoms with E-state index in [2.05, 4.69) is 52.0 Å². The Morgan fingerprint density at radius 1 is 1.16 bits per heavy atom. The van der Waals surface area contributed by atoms with E-state index in [0.717, 1.165) is 12.4 Å². The summed E-state index contributed by atoms with van der Waals surface area (Å²) in [7, 11) is 0. The first-order valence-corrected chi connectivity index (χ1v) is 7.49. The van der Waals surface area contributed by atoms with E-state index in [4.69, 9.17) is 4.74 Å². The van der Waals surface area contributed by atoms with Crippen LogP contribution in [0.4, 0.5) is 0 Å². The van der Waals surface area contributed by atoms with Crippen molar-refractivity contribution in [1.82, 2.24) is 0 Å². The zero-order valence-corrected chi connectivity index (χ0v) is 13.1. The Kier molecular flexibility index (Phi) is 6.69. The SMILES string of the molecule is C/C=C/c1cc(C)c(C)cc1OCC(CC)CCC. The van der Waals surface area contributed by atoms with Crippen LogP contribution in [0.25, 0.3) is 6.08 Å². The van der Waals surface area contributed by atoms with Crippen molar-refractivity contribution in [2.45, 2.75) is 53.9 Å². The maximum absolute atomic E-state index is 6.08. The van der Waals surface area contributed by atoms with Crippen molar-refractivity contribution in [1.29, 1.82) is 0 Å². The summed E-state index contributed by atoms with van der Waals surface area (Å²) in [5.74, 6) is 1.70. The Balaban J connectivity index is 2.84. The topological polar surface area (TPSA) is 9.23 Å². The normalized spacial score (nSPS) is 12.9. The molecule has 1 rings (SSSR count). The third-order valence-corrected chi connectivity index (χ3v) is 3.72. The largest absolute Gasteiger partial charge is 0.493 e. The zero-order valence-electron chi connectivity index (χ0n) is 13.1. The van der Waals surface area contributed by atoms with E-state index in [9.17, 15) is 0 Å². The van der Waals surface area contributed by atoms with E-state index >= 15 is 0 Å². The number of allylic oxidation sites excluding steroid dienone is 1. The summed E-state index contributed by atoms with van der Waals surface area (Å²) in [6.07, 6.45) is 7.87. The van der Waals surface area contributed by atoms with Gasteiger partial charge in [-0.05, 0) is 56.4 Å². The Labute approximate surface area is 118 Å². The lowest BCUT2D eigenvalue weighted by Gasteiger charge is -2.17. The predicted molar refractivity (Wildman–Crippen MR) is 84.8 cm³/mol. The molecule has 0 aliphatic rings. The molecule has 0 amide bonds. The van der Waals surface area contributed by atoms with Crippen LogP contribution in [0.1, 0.15) is 56.7 Å². The van der Waals surface area contributed by atoms with Crippen LogP contribution in [0.2, 0.25) is 0 Å². The molecule has 0 bridgehead atoms. The van der Waals surface area contributed by atoms with Gasteiger partial charge in [-0.25, -0.2) is 0 Å². The standard InChI is InChI=1S/C18H28O/c1-6-9-16(8-3)13-19-18-12-15(5)14(4)11-17(18)10-7-2/h7,10-12,16H,6,8-9,13H2,1-5H3/b10-7+. The number of hydrogen-bond acceptors (Lipinski definition) is 1. The van der Waals surface area contributed by atoms with Gasteiger partial charge in [-0.1, -0.05) is 38.8 Å². The van der Waals surface area contributed by atoms with Gasteiger partial charge in [-0.3, -0.25) is 0 Å². The summed E-state index contributed by atoms with van der Waals surface area (Å²) >= 11 is 0. The first-order chi connectivity index (χ1) is 9.12. The van der Waals surface area contributed by atoms with Gasteiger partial charge < -0.3 is 4.74 Å². The van der Waals surface area contributed by atoms with E-state index < -0.39 is 0 Å². The highest BCUT2D eigenvalue weighted by Gasteiger charge is 2.09. The van der Waals surface area contributed by atoms with Gasteiger partial charge >= 0.3 is 0 Å². The molecule has 0 aromatic heterocycles. The molecule has 0 heterocycles. The predicted octanol–water partition coefficient (Wildman–Crippen LogP) is 5.54. The molecule has 0 radical (unpaired) electrons. The molecule has 0 spiro atoms. The molecule has 19 heavy (non-hydrogen) atoms. The lowest BCUT2D eigenvalue weighted by atomic mass is 10.0. The van der Waals surface area contributed by atoms with Crippen LogP contribution in [0.15, 0.2) is 18.2 Å². The second-order valence-electron chi connectivity index (χ2n) is 5.35. The summed E-state index contributed by atoms with van der Waals surface area (Å²) < 4.78 is 6.08. The number of hydrogen-bond donors (Lipinski definition) is 0. The van der Waals surface area contributed by atoms with Crippen molar-refractivity contribution >= 4 is 6.08 Å². The highest BCUT2D eigenvalue weighted by molar-refractivity contribution is 5.59. The molecule has 0 saturated heterocycles. The quantitative estimate of drug-likeness (QED) is 0.625. The molecule has 0 aliphatic carbocycles. The highest BCUT2D eigenvalue weighted by atomic mass is 16.5. The second kappa shape index (κ2) is 8.04. The minimum absolute atomic E-state index is 0.671. The van der Waals surface area contributed by atoms with Crippen molar-refractivity contribution in [3.8, 4) is 5.75 Å². The van der Waals surface area contributed by atoms with E-state index in [1.165, 1.54) is 36.0 Å². The summed E-state index contributed by atoms with van der Waals surface area (Å²) in [4.78, 5) is 0. The average molecular weight is 260 g/mol. The molecule has 106 valence electrons. The van der Waals surface area contributed by atoms with Gasteiger partial charge in [0.15, 0.2) is 0 Å². The van der Waals surface area contributed by atoms with Gasteiger partial charge in [0.1, 0.15) is 5.75 Å². The van der Waals surface area contributed by atoms with Gasteiger partial charge in [-0.15, -0.1) is 0 Å². The van der Waals surface area contributed by atoms with Crippen LogP contribution in [-0.4, -0.2) is 6.61 Å². The summed E-state index contributed by atoms with van der Waals surface area (Å²) in [6.45, 7) is 11.7. The first kappa shape index (κ1) is 15.8. The minimum Gasteiger partial charge on any atom is -0.493 e. The van der Waals surface area contributed by atoms with Crippen molar-refractivity contribution in [2.75, 3.05) is 6.61 Å². The fourth-order valence-electron chi connectivity index (χ4n) is 2.27. The molecule has 1 heteroatoms. The molecular formula is C18H28O. The molecule has 0 N–H and O–H groups in total. The lowest BCUT2D eigenvalue weighted by molar-refractivity contribution is 0.234. The van der Waals surface area contributed by atoms with Gasteiger partial charge in [0.05, 0.1) is 6.61 Å². The molecule has 0 fully saturated rings. The van der Waals surface area contributed by atoms with E-state index in [1.807, 2.05) is 6.92 Å². The van der Waals surface area contributed by atoms with Gasteiger partial charge in [0, 0.05) is 5.56 Å². The zero-order chi connectivity index (χ0) is 14.3. The Bertz CT molecular complexity index is 418. The van der Waals surface area contributed by atoms with Crippen molar-refractivity contribution in [3.63, 3.8) is 0 Å². The van der Waals surface area contributed by atoms with E-state index in [-0.39, 0.29) is 0 Å². The molecule has 0 aliphatic heterocycles. The first-order valence-electron chi connectivity index (χ1n) is 7.49. The highest BCUT2D eigenvalue weighted by Crippen LogP contribution is 2.26. The van der Waals surface area contributed by atoms with Crippen molar-refractivity contribution in [2.24, 2.45) is 5.92 Å². The molecule has 1 aromatic rings. The van der Waals surface area contributed by atoms with Crippen LogP contribution in [0, 0.1) is 19.8 Å². The number of rotatable bonds is 7. The number of ether oxygens (including phenoxy) is 1. The molecule has 1 unspecified atom stereocenters. The Hall–Kier alpha value is -1.24. The van der Waals surface area contributed by atoms with Gasteiger partial charge in [0.25, 0.3) is 0 Å². The van der Waals surface area contributed by atoms with Gasteiger partial charge in [-0.2, -0.15) is 0 Å². The van der Waals surface area contributed by atoms with Crippen molar-refractivity contribution in [3.05, 3.63) is 34.9 Å². The van der Waals surface area contributed by atoms with E-state index in [1.54, 1.807) is 0 Å². The molecule has 1 aromatic carbocycles. The van der Waals surface area contributed by atoms with E-state index in [0.29, 0.717) is 5.92 Å². The van der Waals surface area contributed by atoms with Crippen LogP contribution in [-0.2, 0) is 0 Å². The molecule has 0 saturated carbocycles. The second-order valence-corrected chi connectivity index (χ2v) is 5.35. The number of benzene rings is 1. The average Bonchev–Trinajstić information content (AvgIpc) is 2.39. The fourth-order valence-corrected chi connectivity index (χ4v) is 2.27. The molecule has 1 atom stereocenters. The maximum Gasteiger partial charge on any atom is 0.126 e.